The lowest BCUT2D eigenvalue weighted by molar-refractivity contribution is -0.177. The van der Waals surface area contributed by atoms with Crippen LogP contribution < -0.4 is 5.32 Å². The number of nitrogens with one attached hydrogen (secondary N) is 2. The molecule has 86 valence electrons. The molecule has 1 rings (SSSR count). The first-order valence-corrected chi connectivity index (χ1v) is 4.33. The summed E-state index contributed by atoms with van der Waals surface area (Å²) in [6.45, 7) is -0.829. The Bertz CT molecular complexity index is 298. The Hall–Kier alpha value is -1.08. The van der Waals surface area contributed by atoms with Crippen molar-refractivity contribution >= 4 is 0 Å². The van der Waals surface area contributed by atoms with E-state index in [9.17, 15) is 13.2 Å². The Morgan fingerprint density at radius 2 is 2.27 bits per heavy atom. The molecule has 7 heteroatoms. The highest BCUT2D eigenvalue weighted by Gasteiger charge is 2.27. The molecule has 0 spiro atoms. The molecule has 0 bridgehead atoms. The Morgan fingerprint density at radius 3 is 2.87 bits per heavy atom. The molecule has 1 aromatic heterocycles. The third kappa shape index (κ3) is 4.80. The number of aromatic nitrogens is 2. The van der Waals surface area contributed by atoms with E-state index in [2.05, 4.69) is 20.0 Å². The van der Waals surface area contributed by atoms with Gasteiger partial charge in [0.1, 0.15) is 19.0 Å². The fourth-order valence-corrected chi connectivity index (χ4v) is 1.02. The van der Waals surface area contributed by atoms with Crippen LogP contribution in [0.1, 0.15) is 11.5 Å². The summed E-state index contributed by atoms with van der Waals surface area (Å²) >= 11 is 0. The van der Waals surface area contributed by atoms with Gasteiger partial charge >= 0.3 is 6.18 Å². The maximum Gasteiger partial charge on any atom is 0.411 e. The Kier molecular flexibility index (Phi) is 4.10. The summed E-state index contributed by atoms with van der Waals surface area (Å²) in [7, 11) is 1.76. The number of imidazole rings is 1. The van der Waals surface area contributed by atoms with Crippen LogP contribution in [-0.4, -0.2) is 29.8 Å². The quantitative estimate of drug-likeness (QED) is 0.788. The van der Waals surface area contributed by atoms with E-state index in [1.807, 2.05) is 0 Å². The molecular weight excluding hydrogens is 211 g/mol. The topological polar surface area (TPSA) is 49.9 Å². The van der Waals surface area contributed by atoms with Gasteiger partial charge in [0.2, 0.25) is 0 Å². The smallest absolute Gasteiger partial charge is 0.364 e. The number of H-pyrrole nitrogens is 1. The van der Waals surface area contributed by atoms with Gasteiger partial charge in [-0.25, -0.2) is 4.98 Å². The molecule has 0 unspecified atom stereocenters. The second kappa shape index (κ2) is 5.13. The van der Waals surface area contributed by atoms with Crippen molar-refractivity contribution in [3.05, 3.63) is 17.7 Å². The van der Waals surface area contributed by atoms with Crippen molar-refractivity contribution in [1.29, 1.82) is 0 Å². The van der Waals surface area contributed by atoms with Crippen molar-refractivity contribution in [2.45, 2.75) is 19.3 Å². The second-order valence-corrected chi connectivity index (χ2v) is 2.99. The van der Waals surface area contributed by atoms with Crippen molar-refractivity contribution in [2.75, 3.05) is 13.7 Å². The summed E-state index contributed by atoms with van der Waals surface area (Å²) in [5.74, 6) is 0.393. The number of rotatable bonds is 5. The summed E-state index contributed by atoms with van der Waals surface area (Å²) < 4.78 is 39.6. The van der Waals surface area contributed by atoms with Gasteiger partial charge < -0.3 is 15.0 Å². The van der Waals surface area contributed by atoms with Gasteiger partial charge in [-0.15, -0.1) is 0 Å². The van der Waals surface area contributed by atoms with E-state index in [1.165, 1.54) is 0 Å². The number of halogens is 3. The molecule has 0 saturated heterocycles. The number of aromatic amines is 1. The fraction of sp³-hybridized carbons (Fsp3) is 0.625. The molecule has 0 radical (unpaired) electrons. The summed E-state index contributed by atoms with van der Waals surface area (Å²) in [6.07, 6.45) is -2.73. The standard InChI is InChI=1S/C8H12F3N3O/c1-12-2-6-3-13-7(14-6)4-15-5-8(9,10)11/h3,12H,2,4-5H2,1H3,(H,13,14). The van der Waals surface area contributed by atoms with E-state index in [-0.39, 0.29) is 6.61 Å². The lowest BCUT2D eigenvalue weighted by Gasteiger charge is -2.05. The molecule has 2 N–H and O–H groups in total. The molecule has 0 aliphatic heterocycles. The van der Waals surface area contributed by atoms with E-state index in [1.54, 1.807) is 13.2 Å². The first-order valence-electron chi connectivity index (χ1n) is 4.33. The SMILES string of the molecule is CNCc1cnc(COCC(F)(F)F)[nH]1. The van der Waals surface area contributed by atoms with Crippen molar-refractivity contribution in [1.82, 2.24) is 15.3 Å². The van der Waals surface area contributed by atoms with E-state index in [0.29, 0.717) is 12.4 Å². The van der Waals surface area contributed by atoms with E-state index >= 15 is 0 Å². The highest BCUT2D eigenvalue weighted by Crippen LogP contribution is 2.15. The van der Waals surface area contributed by atoms with Crippen LogP contribution in [0, 0.1) is 0 Å². The van der Waals surface area contributed by atoms with Crippen LogP contribution in [0.25, 0.3) is 0 Å². The normalized spacial score (nSPS) is 12.0. The lowest BCUT2D eigenvalue weighted by Crippen LogP contribution is -2.17. The Morgan fingerprint density at radius 1 is 1.53 bits per heavy atom. The lowest BCUT2D eigenvalue weighted by atomic mass is 10.5. The van der Waals surface area contributed by atoms with Gasteiger partial charge in [-0.1, -0.05) is 0 Å². The summed E-state index contributed by atoms with van der Waals surface area (Å²) in [5.41, 5.74) is 0.808. The highest BCUT2D eigenvalue weighted by molar-refractivity contribution is 4.99. The van der Waals surface area contributed by atoms with Gasteiger partial charge in [0.05, 0.1) is 0 Å². The van der Waals surface area contributed by atoms with Gasteiger partial charge in [0.15, 0.2) is 0 Å². The average molecular weight is 223 g/mol. The number of alkyl halides is 3. The molecule has 0 aromatic carbocycles. The van der Waals surface area contributed by atoms with Gasteiger partial charge in [-0.3, -0.25) is 0 Å². The van der Waals surface area contributed by atoms with E-state index < -0.39 is 12.8 Å². The predicted molar refractivity (Wildman–Crippen MR) is 47.1 cm³/mol. The number of ether oxygens (including phenoxy) is 1. The van der Waals surface area contributed by atoms with Crippen LogP contribution in [-0.2, 0) is 17.9 Å². The molecule has 0 amide bonds. The summed E-state index contributed by atoms with van der Waals surface area (Å²) in [6, 6.07) is 0. The Labute approximate surface area is 84.8 Å². The third-order valence-corrected chi connectivity index (χ3v) is 1.55. The van der Waals surface area contributed by atoms with Crippen LogP contribution in [0.15, 0.2) is 6.20 Å². The maximum atomic E-state index is 11.7. The largest absolute Gasteiger partial charge is 0.411 e. The number of hydrogen-bond acceptors (Lipinski definition) is 3. The van der Waals surface area contributed by atoms with Crippen LogP contribution >= 0.6 is 0 Å². The van der Waals surface area contributed by atoms with Gasteiger partial charge in [-0.05, 0) is 7.05 Å². The van der Waals surface area contributed by atoms with Crippen molar-refractivity contribution in [3.8, 4) is 0 Å². The minimum atomic E-state index is -4.29. The molecular formula is C8H12F3N3O. The van der Waals surface area contributed by atoms with Gasteiger partial charge in [0.25, 0.3) is 0 Å². The van der Waals surface area contributed by atoms with Crippen molar-refractivity contribution < 1.29 is 17.9 Å². The molecule has 0 saturated carbocycles. The zero-order valence-corrected chi connectivity index (χ0v) is 8.19. The molecule has 0 atom stereocenters. The first-order chi connectivity index (χ1) is 7.01. The second-order valence-electron chi connectivity index (χ2n) is 2.99. The molecule has 1 aromatic rings. The van der Waals surface area contributed by atoms with Crippen LogP contribution in [0.2, 0.25) is 0 Å². The summed E-state index contributed by atoms with van der Waals surface area (Å²) in [5, 5.41) is 2.89. The van der Waals surface area contributed by atoms with Gasteiger partial charge in [0, 0.05) is 18.4 Å². The average Bonchev–Trinajstić information content (AvgIpc) is 2.51. The highest BCUT2D eigenvalue weighted by atomic mass is 19.4. The number of hydrogen-bond donors (Lipinski definition) is 2. The Balaban J connectivity index is 2.31. The predicted octanol–water partition coefficient (Wildman–Crippen LogP) is 1.21. The zero-order valence-electron chi connectivity index (χ0n) is 8.19. The molecule has 0 aliphatic carbocycles. The molecule has 0 aliphatic rings. The maximum absolute atomic E-state index is 11.7. The van der Waals surface area contributed by atoms with Crippen LogP contribution in [0.5, 0.6) is 0 Å². The first kappa shape index (κ1) is 12.0. The van der Waals surface area contributed by atoms with Crippen LogP contribution in [0.4, 0.5) is 13.2 Å². The van der Waals surface area contributed by atoms with Crippen molar-refractivity contribution in [2.24, 2.45) is 0 Å². The zero-order chi connectivity index (χ0) is 11.3. The molecule has 1 heterocycles. The van der Waals surface area contributed by atoms with Crippen molar-refractivity contribution in [3.63, 3.8) is 0 Å². The molecule has 0 fully saturated rings. The minimum absolute atomic E-state index is 0.163. The van der Waals surface area contributed by atoms with E-state index in [0.717, 1.165) is 5.69 Å². The van der Waals surface area contributed by atoms with Gasteiger partial charge in [-0.2, -0.15) is 13.2 Å². The fourth-order valence-electron chi connectivity index (χ4n) is 1.02. The summed E-state index contributed by atoms with van der Waals surface area (Å²) in [4.78, 5) is 6.70. The number of nitrogens with zero attached hydrogens (tertiary/aromatic N) is 1. The molecule has 15 heavy (non-hydrogen) atoms. The third-order valence-electron chi connectivity index (χ3n) is 1.55. The molecule has 4 nitrogen and oxygen atoms in total. The monoisotopic (exact) mass is 223 g/mol. The van der Waals surface area contributed by atoms with Crippen LogP contribution in [0.3, 0.4) is 0 Å². The minimum Gasteiger partial charge on any atom is -0.364 e. The van der Waals surface area contributed by atoms with E-state index in [4.69, 9.17) is 0 Å².